The van der Waals surface area contributed by atoms with E-state index in [9.17, 15) is 8.42 Å². The molecule has 1 unspecified atom stereocenters. The monoisotopic (exact) mass is 258 g/mol. The van der Waals surface area contributed by atoms with Gasteiger partial charge in [0.15, 0.2) is 0 Å². The third-order valence-electron chi connectivity index (χ3n) is 2.79. The third-order valence-corrected chi connectivity index (χ3v) is 4.06. The minimum atomic E-state index is -3.01. The highest BCUT2D eigenvalue weighted by Crippen LogP contribution is 2.19. The summed E-state index contributed by atoms with van der Waals surface area (Å²) in [6, 6.07) is 0. The fourth-order valence-electron chi connectivity index (χ4n) is 1.78. The molecule has 1 heterocycles. The zero-order valence-electron chi connectivity index (χ0n) is 10.6. The number of rotatable bonds is 6. The molecule has 1 atom stereocenters. The van der Waals surface area contributed by atoms with Crippen LogP contribution in [0.5, 0.6) is 0 Å². The van der Waals surface area contributed by atoms with Gasteiger partial charge in [0.05, 0.1) is 6.26 Å². The van der Waals surface area contributed by atoms with Crippen molar-refractivity contribution in [2.24, 2.45) is 5.92 Å². The van der Waals surface area contributed by atoms with E-state index >= 15 is 0 Å². The van der Waals surface area contributed by atoms with Crippen LogP contribution in [0, 0.1) is 5.92 Å². The molecular weight excluding hydrogens is 236 g/mol. The predicted molar refractivity (Wildman–Crippen MR) is 70.8 cm³/mol. The van der Waals surface area contributed by atoms with Crippen molar-refractivity contribution in [1.82, 2.24) is 9.62 Å². The van der Waals surface area contributed by atoms with Crippen LogP contribution in [0.15, 0.2) is 24.6 Å². The molecule has 17 heavy (non-hydrogen) atoms. The summed E-state index contributed by atoms with van der Waals surface area (Å²) in [5.74, 6) is 0.330. The van der Waals surface area contributed by atoms with E-state index in [-0.39, 0.29) is 0 Å². The van der Waals surface area contributed by atoms with Crippen molar-refractivity contribution >= 4 is 10.0 Å². The van der Waals surface area contributed by atoms with Crippen LogP contribution in [0.3, 0.4) is 0 Å². The van der Waals surface area contributed by atoms with Crippen molar-refractivity contribution in [2.75, 3.05) is 19.3 Å². The molecule has 0 aliphatic carbocycles. The van der Waals surface area contributed by atoms with Crippen LogP contribution in [0.4, 0.5) is 0 Å². The van der Waals surface area contributed by atoms with E-state index in [1.54, 1.807) is 0 Å². The SMILES string of the molecule is CCC/C=C/N/C=C/C1CCN(S(C)(=O)=O)C1. The molecule has 0 saturated carbocycles. The van der Waals surface area contributed by atoms with Gasteiger partial charge in [-0.15, -0.1) is 0 Å². The molecule has 0 aromatic heterocycles. The Labute approximate surface area is 104 Å². The molecule has 0 spiro atoms. The van der Waals surface area contributed by atoms with Gasteiger partial charge in [0.2, 0.25) is 10.0 Å². The lowest BCUT2D eigenvalue weighted by molar-refractivity contribution is 0.475. The first-order valence-corrected chi connectivity index (χ1v) is 7.91. The Morgan fingerprint density at radius 2 is 2.18 bits per heavy atom. The van der Waals surface area contributed by atoms with Crippen LogP contribution >= 0.6 is 0 Å². The van der Waals surface area contributed by atoms with E-state index in [2.05, 4.69) is 18.3 Å². The first-order valence-electron chi connectivity index (χ1n) is 6.07. The average molecular weight is 258 g/mol. The summed E-state index contributed by atoms with van der Waals surface area (Å²) in [5, 5.41) is 3.07. The molecule has 4 nitrogen and oxygen atoms in total. The summed E-state index contributed by atoms with van der Waals surface area (Å²) >= 11 is 0. The van der Waals surface area contributed by atoms with Crippen LogP contribution in [0.2, 0.25) is 0 Å². The number of hydrogen-bond acceptors (Lipinski definition) is 3. The third kappa shape index (κ3) is 5.37. The lowest BCUT2D eigenvalue weighted by atomic mass is 10.1. The zero-order valence-corrected chi connectivity index (χ0v) is 11.4. The van der Waals surface area contributed by atoms with Crippen LogP contribution in [0.1, 0.15) is 26.2 Å². The fraction of sp³-hybridized carbons (Fsp3) is 0.667. The molecule has 1 fully saturated rings. The standard InChI is InChI=1S/C12H22N2O2S/c1-3-4-5-8-13-9-6-12-7-10-14(11-12)17(2,15)16/h5-6,8-9,12-13H,3-4,7,10-11H2,1-2H3/b8-5+,9-6+. The van der Waals surface area contributed by atoms with Crippen molar-refractivity contribution in [3.63, 3.8) is 0 Å². The maximum Gasteiger partial charge on any atom is 0.211 e. The zero-order chi connectivity index (χ0) is 12.7. The molecule has 1 saturated heterocycles. The second kappa shape index (κ2) is 6.81. The quantitative estimate of drug-likeness (QED) is 0.788. The van der Waals surface area contributed by atoms with Gasteiger partial charge in [-0.3, -0.25) is 0 Å². The number of nitrogens with one attached hydrogen (secondary N) is 1. The van der Waals surface area contributed by atoms with Crippen molar-refractivity contribution < 1.29 is 8.42 Å². The van der Waals surface area contributed by atoms with Gasteiger partial charge in [0, 0.05) is 13.1 Å². The van der Waals surface area contributed by atoms with Gasteiger partial charge in [-0.1, -0.05) is 25.5 Å². The Bertz CT molecular complexity index is 374. The molecular formula is C12H22N2O2S. The van der Waals surface area contributed by atoms with Crippen LogP contribution in [-0.2, 0) is 10.0 Å². The second-order valence-corrected chi connectivity index (χ2v) is 6.37. The minimum absolute atomic E-state index is 0.330. The number of unbranched alkanes of at least 4 members (excludes halogenated alkanes) is 1. The summed E-state index contributed by atoms with van der Waals surface area (Å²) in [4.78, 5) is 0. The maximum absolute atomic E-state index is 11.3. The molecule has 98 valence electrons. The van der Waals surface area contributed by atoms with Gasteiger partial charge in [-0.2, -0.15) is 0 Å². The van der Waals surface area contributed by atoms with E-state index in [0.717, 1.165) is 19.3 Å². The Hall–Kier alpha value is -0.810. The van der Waals surface area contributed by atoms with Gasteiger partial charge in [0.25, 0.3) is 0 Å². The van der Waals surface area contributed by atoms with E-state index in [1.807, 2.05) is 18.5 Å². The normalized spacial score (nSPS) is 22.8. The van der Waals surface area contributed by atoms with Crippen molar-refractivity contribution in [3.8, 4) is 0 Å². The Balaban J connectivity index is 2.28. The molecule has 1 N–H and O–H groups in total. The largest absolute Gasteiger partial charge is 0.368 e. The highest BCUT2D eigenvalue weighted by Gasteiger charge is 2.26. The number of nitrogens with zero attached hydrogens (tertiary/aromatic N) is 1. The molecule has 5 heteroatoms. The van der Waals surface area contributed by atoms with Crippen molar-refractivity contribution in [3.05, 3.63) is 24.6 Å². The molecule has 0 radical (unpaired) electrons. The number of hydrogen-bond donors (Lipinski definition) is 1. The van der Waals surface area contributed by atoms with Gasteiger partial charge >= 0.3 is 0 Å². The second-order valence-electron chi connectivity index (χ2n) is 4.39. The molecule has 1 aliphatic heterocycles. The Kier molecular flexibility index (Phi) is 5.71. The highest BCUT2D eigenvalue weighted by molar-refractivity contribution is 7.88. The summed E-state index contributed by atoms with van der Waals surface area (Å²) in [7, 11) is -3.01. The summed E-state index contributed by atoms with van der Waals surface area (Å²) in [6.45, 7) is 3.38. The van der Waals surface area contributed by atoms with Crippen molar-refractivity contribution in [1.29, 1.82) is 0 Å². The summed E-state index contributed by atoms with van der Waals surface area (Å²) < 4.78 is 24.1. The maximum atomic E-state index is 11.3. The summed E-state index contributed by atoms with van der Waals surface area (Å²) in [6.07, 6.45) is 12.3. The fourth-order valence-corrected chi connectivity index (χ4v) is 2.68. The van der Waals surface area contributed by atoms with E-state index in [0.29, 0.717) is 19.0 Å². The molecule has 0 amide bonds. The number of sulfonamides is 1. The highest BCUT2D eigenvalue weighted by atomic mass is 32.2. The predicted octanol–water partition coefficient (Wildman–Crippen LogP) is 1.69. The lowest BCUT2D eigenvalue weighted by Gasteiger charge is -2.11. The Morgan fingerprint density at radius 1 is 1.41 bits per heavy atom. The van der Waals surface area contributed by atoms with E-state index in [4.69, 9.17) is 0 Å². The molecule has 0 aromatic carbocycles. The van der Waals surface area contributed by atoms with E-state index < -0.39 is 10.0 Å². The van der Waals surface area contributed by atoms with Crippen molar-refractivity contribution in [2.45, 2.75) is 26.2 Å². The van der Waals surface area contributed by atoms with Crippen LogP contribution < -0.4 is 5.32 Å². The van der Waals surface area contributed by atoms with Crippen LogP contribution in [0.25, 0.3) is 0 Å². The van der Waals surface area contributed by atoms with Gasteiger partial charge in [-0.05, 0) is 31.2 Å². The summed E-state index contributed by atoms with van der Waals surface area (Å²) in [5.41, 5.74) is 0. The Morgan fingerprint density at radius 3 is 2.76 bits per heavy atom. The van der Waals surface area contributed by atoms with Gasteiger partial charge in [-0.25, -0.2) is 12.7 Å². The molecule has 1 aliphatic rings. The molecule has 1 rings (SSSR count). The first-order chi connectivity index (χ1) is 8.04. The minimum Gasteiger partial charge on any atom is -0.368 e. The molecule has 0 bridgehead atoms. The van der Waals surface area contributed by atoms with E-state index in [1.165, 1.54) is 10.6 Å². The first kappa shape index (κ1) is 14.3. The van der Waals surface area contributed by atoms with Gasteiger partial charge in [0.1, 0.15) is 0 Å². The van der Waals surface area contributed by atoms with Gasteiger partial charge < -0.3 is 5.32 Å². The smallest absolute Gasteiger partial charge is 0.211 e. The lowest BCUT2D eigenvalue weighted by Crippen LogP contribution is -2.27. The van der Waals surface area contributed by atoms with Crippen LogP contribution in [-0.4, -0.2) is 32.1 Å². The topological polar surface area (TPSA) is 49.4 Å². The number of allylic oxidation sites excluding steroid dienone is 1. The average Bonchev–Trinajstić information content (AvgIpc) is 2.71. The molecule has 0 aromatic rings.